The van der Waals surface area contributed by atoms with E-state index in [1.165, 1.54) is 11.1 Å². The standard InChI is InChI=1S/C26H26N2O3/c1-16-9-17(2)11-22(10-16)30-15-25(29)27-21-7-5-20(6-8-21)14-26-28-23-12-18(3)19(4)13-24(23)31-26/h5-13H,14-15H2,1-4H3,(H,27,29). The van der Waals surface area contributed by atoms with Crippen LogP contribution in [0.25, 0.3) is 11.1 Å². The maximum Gasteiger partial charge on any atom is 0.262 e. The Hall–Kier alpha value is -3.60. The van der Waals surface area contributed by atoms with Crippen molar-refractivity contribution in [2.24, 2.45) is 0 Å². The van der Waals surface area contributed by atoms with Gasteiger partial charge in [-0.2, -0.15) is 0 Å². The number of oxazole rings is 1. The number of hydrogen-bond acceptors (Lipinski definition) is 4. The van der Waals surface area contributed by atoms with Crippen LogP contribution in [0.1, 0.15) is 33.7 Å². The molecule has 0 spiro atoms. The van der Waals surface area contributed by atoms with Crippen molar-refractivity contribution < 1.29 is 13.9 Å². The number of fused-ring (bicyclic) bond motifs is 1. The van der Waals surface area contributed by atoms with Crippen molar-refractivity contribution >= 4 is 22.7 Å². The zero-order valence-electron chi connectivity index (χ0n) is 18.3. The van der Waals surface area contributed by atoms with Crippen LogP contribution < -0.4 is 10.1 Å². The van der Waals surface area contributed by atoms with Gasteiger partial charge in [-0.05, 0) is 91.9 Å². The fourth-order valence-electron chi connectivity index (χ4n) is 3.55. The summed E-state index contributed by atoms with van der Waals surface area (Å²) >= 11 is 0. The molecule has 1 heterocycles. The van der Waals surface area contributed by atoms with Crippen LogP contribution in [0.15, 0.2) is 59.0 Å². The highest BCUT2D eigenvalue weighted by atomic mass is 16.5. The molecule has 0 fully saturated rings. The van der Waals surface area contributed by atoms with Crippen LogP contribution in [0.3, 0.4) is 0 Å². The van der Waals surface area contributed by atoms with Crippen LogP contribution in [0.4, 0.5) is 5.69 Å². The van der Waals surface area contributed by atoms with Crippen LogP contribution >= 0.6 is 0 Å². The first-order valence-electron chi connectivity index (χ1n) is 10.3. The molecule has 5 heteroatoms. The number of rotatable bonds is 6. The average Bonchev–Trinajstić information content (AvgIpc) is 3.08. The van der Waals surface area contributed by atoms with E-state index in [-0.39, 0.29) is 12.5 Å². The van der Waals surface area contributed by atoms with E-state index in [1.807, 2.05) is 56.3 Å². The van der Waals surface area contributed by atoms with E-state index in [4.69, 9.17) is 9.15 Å². The molecule has 0 aliphatic rings. The van der Waals surface area contributed by atoms with Gasteiger partial charge in [0.1, 0.15) is 11.3 Å². The van der Waals surface area contributed by atoms with Crippen molar-refractivity contribution in [2.75, 3.05) is 11.9 Å². The van der Waals surface area contributed by atoms with Crippen LogP contribution in [0.5, 0.6) is 5.75 Å². The maximum atomic E-state index is 12.2. The number of hydrogen-bond donors (Lipinski definition) is 1. The number of aromatic nitrogens is 1. The summed E-state index contributed by atoms with van der Waals surface area (Å²) in [5.74, 6) is 1.18. The molecular formula is C26H26N2O3. The minimum atomic E-state index is -0.198. The molecule has 3 aromatic carbocycles. The fourth-order valence-corrected chi connectivity index (χ4v) is 3.55. The molecule has 1 N–H and O–H groups in total. The van der Waals surface area contributed by atoms with E-state index < -0.39 is 0 Å². The first-order valence-corrected chi connectivity index (χ1v) is 10.3. The number of nitrogens with one attached hydrogen (secondary N) is 1. The first-order chi connectivity index (χ1) is 14.9. The predicted octanol–water partition coefficient (Wildman–Crippen LogP) is 5.67. The number of carbonyl (C=O) groups excluding carboxylic acids is 1. The molecule has 0 aliphatic carbocycles. The Morgan fingerprint density at radius 2 is 1.61 bits per heavy atom. The van der Waals surface area contributed by atoms with Crippen molar-refractivity contribution in [3.8, 4) is 5.75 Å². The molecule has 1 aromatic heterocycles. The van der Waals surface area contributed by atoms with Crippen LogP contribution in [0.2, 0.25) is 0 Å². The smallest absolute Gasteiger partial charge is 0.262 e. The Morgan fingerprint density at radius 1 is 0.935 bits per heavy atom. The monoisotopic (exact) mass is 414 g/mol. The van der Waals surface area contributed by atoms with Crippen molar-refractivity contribution in [1.29, 1.82) is 0 Å². The van der Waals surface area contributed by atoms with Gasteiger partial charge in [-0.25, -0.2) is 4.98 Å². The van der Waals surface area contributed by atoms with Gasteiger partial charge < -0.3 is 14.5 Å². The minimum absolute atomic E-state index is 0.0353. The summed E-state index contributed by atoms with van der Waals surface area (Å²) in [5, 5.41) is 2.86. The molecule has 158 valence electrons. The molecule has 31 heavy (non-hydrogen) atoms. The minimum Gasteiger partial charge on any atom is -0.484 e. The number of nitrogens with zero attached hydrogens (tertiary/aromatic N) is 1. The average molecular weight is 415 g/mol. The summed E-state index contributed by atoms with van der Waals surface area (Å²) in [5.41, 5.74) is 8.08. The lowest BCUT2D eigenvalue weighted by Gasteiger charge is -2.09. The zero-order chi connectivity index (χ0) is 22.0. The summed E-state index contributed by atoms with van der Waals surface area (Å²) in [6.07, 6.45) is 0.594. The predicted molar refractivity (Wildman–Crippen MR) is 123 cm³/mol. The Bertz CT molecular complexity index is 1180. The van der Waals surface area contributed by atoms with E-state index in [9.17, 15) is 4.79 Å². The molecule has 0 aliphatic heterocycles. The number of carbonyl (C=O) groups is 1. The van der Waals surface area contributed by atoms with E-state index in [0.29, 0.717) is 18.1 Å². The van der Waals surface area contributed by atoms with Gasteiger partial charge in [0.2, 0.25) is 0 Å². The first kappa shape index (κ1) is 20.7. The quantitative estimate of drug-likeness (QED) is 0.441. The van der Waals surface area contributed by atoms with Crippen molar-refractivity contribution in [3.63, 3.8) is 0 Å². The third-order valence-corrected chi connectivity index (χ3v) is 5.21. The van der Waals surface area contributed by atoms with Crippen molar-refractivity contribution in [2.45, 2.75) is 34.1 Å². The lowest BCUT2D eigenvalue weighted by atomic mass is 10.1. The lowest BCUT2D eigenvalue weighted by molar-refractivity contribution is -0.118. The molecule has 0 unspecified atom stereocenters. The van der Waals surface area contributed by atoms with E-state index in [0.717, 1.165) is 33.5 Å². The molecule has 5 nitrogen and oxygen atoms in total. The van der Waals surface area contributed by atoms with Gasteiger partial charge in [-0.15, -0.1) is 0 Å². The maximum absolute atomic E-state index is 12.2. The number of amides is 1. The molecule has 0 radical (unpaired) electrons. The van der Waals surface area contributed by atoms with E-state index in [1.54, 1.807) is 0 Å². The van der Waals surface area contributed by atoms with Gasteiger partial charge in [0.15, 0.2) is 18.1 Å². The second-order valence-corrected chi connectivity index (χ2v) is 8.05. The molecule has 1 amide bonds. The summed E-state index contributed by atoms with van der Waals surface area (Å²) in [6.45, 7) is 8.11. The molecule has 0 atom stereocenters. The van der Waals surface area contributed by atoms with Gasteiger partial charge in [0.25, 0.3) is 5.91 Å². The Labute approximate surface area is 182 Å². The van der Waals surface area contributed by atoms with Gasteiger partial charge >= 0.3 is 0 Å². The van der Waals surface area contributed by atoms with Gasteiger partial charge in [-0.1, -0.05) is 18.2 Å². The summed E-state index contributed by atoms with van der Waals surface area (Å²) in [4.78, 5) is 16.8. The highest BCUT2D eigenvalue weighted by Gasteiger charge is 2.09. The molecule has 0 saturated carbocycles. The van der Waals surface area contributed by atoms with Crippen LogP contribution in [0, 0.1) is 27.7 Å². The van der Waals surface area contributed by atoms with E-state index in [2.05, 4.69) is 36.3 Å². The zero-order valence-corrected chi connectivity index (χ0v) is 18.3. The lowest BCUT2D eigenvalue weighted by Crippen LogP contribution is -2.20. The number of benzene rings is 3. The molecule has 4 aromatic rings. The Kier molecular flexibility index (Phi) is 5.76. The Balaban J connectivity index is 1.35. The number of ether oxygens (including phenoxy) is 1. The van der Waals surface area contributed by atoms with Gasteiger partial charge in [0.05, 0.1) is 0 Å². The van der Waals surface area contributed by atoms with Crippen LogP contribution in [-0.2, 0) is 11.2 Å². The number of anilines is 1. The van der Waals surface area contributed by atoms with Crippen LogP contribution in [-0.4, -0.2) is 17.5 Å². The van der Waals surface area contributed by atoms with E-state index >= 15 is 0 Å². The molecule has 4 rings (SSSR count). The molecule has 0 saturated heterocycles. The normalized spacial score (nSPS) is 11.0. The second-order valence-electron chi connectivity index (χ2n) is 8.05. The fraction of sp³-hybridized carbons (Fsp3) is 0.231. The topological polar surface area (TPSA) is 64.4 Å². The highest BCUT2D eigenvalue weighted by Crippen LogP contribution is 2.22. The largest absolute Gasteiger partial charge is 0.484 e. The second kappa shape index (κ2) is 8.64. The summed E-state index contributed by atoms with van der Waals surface area (Å²) in [7, 11) is 0. The van der Waals surface area contributed by atoms with Gasteiger partial charge in [-0.3, -0.25) is 4.79 Å². The molecule has 0 bridgehead atoms. The highest BCUT2D eigenvalue weighted by molar-refractivity contribution is 5.91. The van der Waals surface area contributed by atoms with Gasteiger partial charge in [0, 0.05) is 12.1 Å². The van der Waals surface area contributed by atoms with Crippen molar-refractivity contribution in [3.05, 3.63) is 88.3 Å². The SMILES string of the molecule is Cc1cc(C)cc(OCC(=O)Nc2ccc(Cc3nc4cc(C)c(C)cc4o3)cc2)c1. The number of aryl methyl sites for hydroxylation is 4. The third-order valence-electron chi connectivity index (χ3n) is 5.21. The Morgan fingerprint density at radius 3 is 2.32 bits per heavy atom. The summed E-state index contributed by atoms with van der Waals surface area (Å²) in [6, 6.07) is 17.7. The summed E-state index contributed by atoms with van der Waals surface area (Å²) < 4.78 is 11.5. The van der Waals surface area contributed by atoms with Crippen molar-refractivity contribution in [1.82, 2.24) is 4.98 Å². The molecular weight excluding hydrogens is 388 g/mol. The third kappa shape index (κ3) is 5.12.